The summed E-state index contributed by atoms with van der Waals surface area (Å²) in [5, 5.41) is 4.27. The molecule has 1 aromatic carbocycles. The van der Waals surface area contributed by atoms with Crippen LogP contribution in [-0.2, 0) is 11.2 Å². The van der Waals surface area contributed by atoms with Crippen LogP contribution in [-0.4, -0.2) is 25.8 Å². The molecule has 0 saturated heterocycles. The van der Waals surface area contributed by atoms with Gasteiger partial charge < -0.3 is 10.1 Å². The molecule has 0 radical (unpaired) electrons. The van der Waals surface area contributed by atoms with Gasteiger partial charge in [0.1, 0.15) is 0 Å². The molecular weight excluding hydrogens is 338 g/mol. The SMILES string of the molecule is CCOC1CC(CC(Cc2ccc(Br)cc2Cl)NC)C1. The molecule has 1 fully saturated rings. The molecule has 0 heterocycles. The molecule has 0 amide bonds. The molecule has 1 aliphatic rings. The van der Waals surface area contributed by atoms with Crippen LogP contribution in [0.15, 0.2) is 22.7 Å². The Balaban J connectivity index is 1.84. The van der Waals surface area contributed by atoms with Gasteiger partial charge in [-0.25, -0.2) is 0 Å². The Hall–Kier alpha value is -0.0900. The molecule has 2 nitrogen and oxygen atoms in total. The number of halogens is 2. The highest BCUT2D eigenvalue weighted by molar-refractivity contribution is 9.10. The van der Waals surface area contributed by atoms with Crippen molar-refractivity contribution >= 4 is 27.5 Å². The van der Waals surface area contributed by atoms with Gasteiger partial charge in [-0.15, -0.1) is 0 Å². The van der Waals surface area contributed by atoms with Gasteiger partial charge in [0.25, 0.3) is 0 Å². The third kappa shape index (κ3) is 4.45. The van der Waals surface area contributed by atoms with Crippen molar-refractivity contribution in [2.45, 2.75) is 44.8 Å². The van der Waals surface area contributed by atoms with Gasteiger partial charge in [0.15, 0.2) is 0 Å². The van der Waals surface area contributed by atoms with Gasteiger partial charge in [0.05, 0.1) is 6.10 Å². The summed E-state index contributed by atoms with van der Waals surface area (Å²) in [6, 6.07) is 6.63. The van der Waals surface area contributed by atoms with E-state index in [0.717, 1.165) is 28.4 Å². The summed E-state index contributed by atoms with van der Waals surface area (Å²) in [7, 11) is 2.04. The van der Waals surface area contributed by atoms with Crippen molar-refractivity contribution in [1.82, 2.24) is 5.32 Å². The van der Waals surface area contributed by atoms with Crippen LogP contribution in [0.25, 0.3) is 0 Å². The second-order valence-electron chi connectivity index (χ2n) is 5.58. The van der Waals surface area contributed by atoms with Crippen molar-refractivity contribution in [2.75, 3.05) is 13.7 Å². The van der Waals surface area contributed by atoms with Gasteiger partial charge in [0, 0.05) is 22.1 Å². The molecular formula is C16H23BrClNO. The Bertz CT molecular complexity index is 434. The van der Waals surface area contributed by atoms with E-state index in [-0.39, 0.29) is 0 Å². The van der Waals surface area contributed by atoms with Crippen molar-refractivity contribution in [3.63, 3.8) is 0 Å². The number of ether oxygens (including phenoxy) is 1. The topological polar surface area (TPSA) is 21.3 Å². The first-order chi connectivity index (χ1) is 9.62. The number of hydrogen-bond donors (Lipinski definition) is 1. The minimum atomic E-state index is 0.487. The van der Waals surface area contributed by atoms with Crippen LogP contribution in [0.4, 0.5) is 0 Å². The fourth-order valence-electron chi connectivity index (χ4n) is 2.90. The highest BCUT2D eigenvalue weighted by Crippen LogP contribution is 2.34. The zero-order valence-corrected chi connectivity index (χ0v) is 14.5. The van der Waals surface area contributed by atoms with Crippen LogP contribution >= 0.6 is 27.5 Å². The average Bonchev–Trinajstić information content (AvgIpc) is 2.37. The Morgan fingerprint density at radius 3 is 2.80 bits per heavy atom. The summed E-state index contributed by atoms with van der Waals surface area (Å²) in [4.78, 5) is 0. The number of benzene rings is 1. The van der Waals surface area contributed by atoms with E-state index in [1.54, 1.807) is 0 Å². The third-order valence-electron chi connectivity index (χ3n) is 4.10. The molecule has 1 N–H and O–H groups in total. The van der Waals surface area contributed by atoms with E-state index in [2.05, 4.69) is 40.3 Å². The fraction of sp³-hybridized carbons (Fsp3) is 0.625. The summed E-state index contributed by atoms with van der Waals surface area (Å²) < 4.78 is 6.66. The maximum Gasteiger partial charge on any atom is 0.0580 e. The number of likely N-dealkylation sites (N-methyl/N-ethyl adjacent to an activating group) is 1. The Labute approximate surface area is 135 Å². The molecule has 1 unspecified atom stereocenters. The van der Waals surface area contributed by atoms with Crippen LogP contribution in [0.3, 0.4) is 0 Å². The molecule has 112 valence electrons. The molecule has 0 spiro atoms. The number of nitrogens with one attached hydrogen (secondary N) is 1. The molecule has 1 aliphatic carbocycles. The molecule has 2 rings (SSSR count). The van der Waals surface area contributed by atoms with Crippen molar-refractivity contribution in [2.24, 2.45) is 5.92 Å². The van der Waals surface area contributed by atoms with Gasteiger partial charge in [-0.1, -0.05) is 33.6 Å². The molecule has 0 aliphatic heterocycles. The van der Waals surface area contributed by atoms with Gasteiger partial charge >= 0.3 is 0 Å². The van der Waals surface area contributed by atoms with E-state index >= 15 is 0 Å². The Morgan fingerprint density at radius 1 is 1.45 bits per heavy atom. The quantitative estimate of drug-likeness (QED) is 0.776. The first-order valence-corrected chi connectivity index (χ1v) is 8.52. The number of hydrogen-bond acceptors (Lipinski definition) is 2. The summed E-state index contributed by atoms with van der Waals surface area (Å²) in [5.41, 5.74) is 1.22. The van der Waals surface area contributed by atoms with E-state index in [9.17, 15) is 0 Å². The van der Waals surface area contributed by atoms with Crippen molar-refractivity contribution in [1.29, 1.82) is 0 Å². The third-order valence-corrected chi connectivity index (χ3v) is 4.95. The lowest BCUT2D eigenvalue weighted by atomic mass is 9.77. The second-order valence-corrected chi connectivity index (χ2v) is 6.90. The zero-order chi connectivity index (χ0) is 14.5. The van der Waals surface area contributed by atoms with Gasteiger partial charge in [-0.3, -0.25) is 0 Å². The van der Waals surface area contributed by atoms with Gasteiger partial charge in [-0.2, -0.15) is 0 Å². The van der Waals surface area contributed by atoms with Gasteiger partial charge in [0.2, 0.25) is 0 Å². The first-order valence-electron chi connectivity index (χ1n) is 7.35. The van der Waals surface area contributed by atoms with Crippen LogP contribution < -0.4 is 5.32 Å². The Morgan fingerprint density at radius 2 is 2.20 bits per heavy atom. The lowest BCUT2D eigenvalue weighted by molar-refractivity contribution is -0.0288. The molecule has 4 heteroatoms. The van der Waals surface area contributed by atoms with Crippen LogP contribution in [0.1, 0.15) is 31.7 Å². The van der Waals surface area contributed by atoms with E-state index in [4.69, 9.17) is 16.3 Å². The highest BCUT2D eigenvalue weighted by Gasteiger charge is 2.31. The zero-order valence-electron chi connectivity index (χ0n) is 12.2. The summed E-state index contributed by atoms with van der Waals surface area (Å²) >= 11 is 9.75. The molecule has 1 saturated carbocycles. The average molecular weight is 361 g/mol. The summed E-state index contributed by atoms with van der Waals surface area (Å²) in [5.74, 6) is 0.790. The molecule has 0 aromatic heterocycles. The Kier molecular flexibility index (Phi) is 6.34. The lowest BCUT2D eigenvalue weighted by Gasteiger charge is -2.37. The predicted molar refractivity (Wildman–Crippen MR) is 88.5 cm³/mol. The van der Waals surface area contributed by atoms with Crippen LogP contribution in [0.5, 0.6) is 0 Å². The van der Waals surface area contributed by atoms with E-state index in [1.165, 1.54) is 24.8 Å². The second kappa shape index (κ2) is 7.79. The van der Waals surface area contributed by atoms with Crippen molar-refractivity contribution in [3.05, 3.63) is 33.3 Å². The minimum absolute atomic E-state index is 0.487. The highest BCUT2D eigenvalue weighted by atomic mass is 79.9. The lowest BCUT2D eigenvalue weighted by Crippen LogP contribution is -2.38. The fourth-order valence-corrected chi connectivity index (χ4v) is 3.65. The number of rotatable bonds is 7. The molecule has 20 heavy (non-hydrogen) atoms. The molecule has 1 aromatic rings. The maximum atomic E-state index is 6.30. The summed E-state index contributed by atoms with van der Waals surface area (Å²) in [6.45, 7) is 2.90. The van der Waals surface area contributed by atoms with Crippen molar-refractivity contribution < 1.29 is 4.74 Å². The van der Waals surface area contributed by atoms with E-state index in [1.807, 2.05) is 13.1 Å². The van der Waals surface area contributed by atoms with Crippen LogP contribution in [0, 0.1) is 5.92 Å². The standard InChI is InChI=1S/C16H23BrClNO/c1-3-20-15-7-11(8-15)6-14(19-2)9-12-4-5-13(17)10-16(12)18/h4-5,10-11,14-15,19H,3,6-9H2,1-2H3. The van der Waals surface area contributed by atoms with Crippen LogP contribution in [0.2, 0.25) is 5.02 Å². The molecule has 0 bridgehead atoms. The van der Waals surface area contributed by atoms with E-state index in [0.29, 0.717) is 12.1 Å². The first kappa shape index (κ1) is 16.3. The smallest absolute Gasteiger partial charge is 0.0580 e. The largest absolute Gasteiger partial charge is 0.378 e. The monoisotopic (exact) mass is 359 g/mol. The minimum Gasteiger partial charge on any atom is -0.378 e. The van der Waals surface area contributed by atoms with Crippen molar-refractivity contribution in [3.8, 4) is 0 Å². The summed E-state index contributed by atoms with van der Waals surface area (Å²) in [6.07, 6.45) is 5.10. The predicted octanol–water partition coefficient (Wildman–Crippen LogP) is 4.44. The molecule has 1 atom stereocenters. The normalized spacial score (nSPS) is 23.4. The van der Waals surface area contributed by atoms with E-state index < -0.39 is 0 Å². The van der Waals surface area contributed by atoms with Gasteiger partial charge in [-0.05, 0) is 63.3 Å². The maximum absolute atomic E-state index is 6.30.